The molecule has 3 aromatic rings. The van der Waals surface area contributed by atoms with Crippen molar-refractivity contribution in [1.29, 1.82) is 0 Å². The molecule has 0 spiro atoms. The molecule has 10 nitrogen and oxygen atoms in total. The first kappa shape index (κ1) is 25.8. The number of hydrogen-bond acceptors (Lipinski definition) is 6. The van der Waals surface area contributed by atoms with Crippen LogP contribution in [-0.4, -0.2) is 60.5 Å². The van der Waals surface area contributed by atoms with Crippen LogP contribution < -0.4 is 9.46 Å². The number of aliphatic carboxylic acids is 1. The number of carboxylic acid groups (broad SMARTS) is 1. The summed E-state index contributed by atoms with van der Waals surface area (Å²) in [4.78, 5) is 30.3. The number of carbonyl (C=O) groups is 2. The number of hydrogen-bond donors (Lipinski definition) is 2. The minimum Gasteiger partial charge on any atom is -0.497 e. The molecule has 2 atom stereocenters. The fourth-order valence-corrected chi connectivity index (χ4v) is 7.05. The molecule has 0 unspecified atom stereocenters. The summed E-state index contributed by atoms with van der Waals surface area (Å²) in [5.41, 5.74) is 3.50. The zero-order valence-electron chi connectivity index (χ0n) is 22.2. The second kappa shape index (κ2) is 9.06. The molecule has 2 fully saturated rings. The third-order valence-corrected chi connectivity index (χ3v) is 10.1. The maximum Gasteiger partial charge on any atom is 0.312 e. The largest absolute Gasteiger partial charge is 0.497 e. The van der Waals surface area contributed by atoms with Crippen molar-refractivity contribution in [3.63, 3.8) is 0 Å². The maximum atomic E-state index is 13.0. The number of rotatable bonds is 6. The summed E-state index contributed by atoms with van der Waals surface area (Å²) in [6.45, 7) is 0.219. The lowest BCUT2D eigenvalue weighted by Crippen LogP contribution is -2.39. The van der Waals surface area contributed by atoms with E-state index in [0.29, 0.717) is 17.8 Å². The third-order valence-electron chi connectivity index (χ3n) is 8.73. The Hall–Kier alpha value is -3.44. The van der Waals surface area contributed by atoms with Crippen molar-refractivity contribution < 1.29 is 27.9 Å². The molecule has 0 radical (unpaired) electrons. The molecule has 2 aliphatic carbocycles. The molecule has 39 heavy (non-hydrogen) atoms. The lowest BCUT2D eigenvalue weighted by atomic mass is 9.81. The van der Waals surface area contributed by atoms with Gasteiger partial charge in [-0.2, -0.15) is 12.7 Å². The average molecular weight is 553 g/mol. The summed E-state index contributed by atoms with van der Waals surface area (Å²) in [7, 11) is 0.264. The fourth-order valence-electron chi connectivity index (χ4n) is 6.52. The van der Waals surface area contributed by atoms with Crippen molar-refractivity contribution >= 4 is 33.1 Å². The molecule has 0 bridgehead atoms. The lowest BCUT2D eigenvalue weighted by Gasteiger charge is -2.24. The van der Waals surface area contributed by atoms with Crippen LogP contribution in [-0.2, 0) is 21.5 Å². The van der Waals surface area contributed by atoms with Crippen LogP contribution in [0.4, 0.5) is 0 Å². The number of pyridine rings is 1. The third kappa shape index (κ3) is 4.01. The van der Waals surface area contributed by atoms with Gasteiger partial charge in [0.25, 0.3) is 5.91 Å². The number of carbonyl (C=O) groups excluding carboxylic acids is 1. The number of fused-ring (bicyclic) bond motifs is 7. The highest BCUT2D eigenvalue weighted by molar-refractivity contribution is 7.87. The van der Waals surface area contributed by atoms with Crippen LogP contribution in [0, 0.1) is 5.41 Å². The summed E-state index contributed by atoms with van der Waals surface area (Å²) in [5.74, 6) is -0.898. The Morgan fingerprint density at radius 3 is 2.56 bits per heavy atom. The van der Waals surface area contributed by atoms with E-state index in [9.17, 15) is 23.1 Å². The normalized spacial score (nSPS) is 22.5. The standard InChI is InChI=1S/C28H32N4O6S/c1-31(2)39(36,37)30-26(33)22-12-11-19-23(16-7-5-4-6-8-16)24-18-10-9-17(38-3)13-20(18)21-14-28(21,27(34)35)15-32(24)25(19)29-22/h9-13,16,21H,4-8,14-15H2,1-3H3,(H,30,33)(H,34,35)/t21-,28-/m0/s1. The van der Waals surface area contributed by atoms with Crippen LogP contribution in [0.1, 0.15) is 72.0 Å². The number of ether oxygens (including phenoxy) is 1. The summed E-state index contributed by atoms with van der Waals surface area (Å²) >= 11 is 0. The average Bonchev–Trinajstić information content (AvgIpc) is 3.59. The lowest BCUT2D eigenvalue weighted by molar-refractivity contribution is -0.144. The second-order valence-corrected chi connectivity index (χ2v) is 13.0. The monoisotopic (exact) mass is 552 g/mol. The van der Waals surface area contributed by atoms with E-state index >= 15 is 0 Å². The minimum atomic E-state index is -4.01. The number of methoxy groups -OCH3 is 1. The molecule has 1 aromatic carbocycles. The molecule has 11 heteroatoms. The Labute approximate surface area is 227 Å². The Kier molecular flexibility index (Phi) is 5.99. The van der Waals surface area contributed by atoms with Crippen molar-refractivity contribution in [2.45, 2.75) is 56.9 Å². The molecule has 3 heterocycles. The maximum absolute atomic E-state index is 13.0. The Morgan fingerprint density at radius 2 is 1.90 bits per heavy atom. The Bertz CT molecular complexity index is 1620. The van der Waals surface area contributed by atoms with Gasteiger partial charge in [0.2, 0.25) is 0 Å². The number of amides is 1. The van der Waals surface area contributed by atoms with Crippen molar-refractivity contribution in [2.75, 3.05) is 21.2 Å². The molecule has 3 aliphatic rings. The SMILES string of the molecule is COc1ccc2c(c1)[C@@H]1C[C@]1(C(=O)O)Cn1c-2c(C2CCCCC2)c2ccc(C(=O)NS(=O)(=O)N(C)C)nc21. The van der Waals surface area contributed by atoms with Crippen molar-refractivity contribution in [2.24, 2.45) is 5.41 Å². The fraction of sp³-hybridized carbons (Fsp3) is 0.464. The highest BCUT2D eigenvalue weighted by atomic mass is 32.2. The van der Waals surface area contributed by atoms with E-state index in [1.807, 2.05) is 33.6 Å². The highest BCUT2D eigenvalue weighted by Crippen LogP contribution is 2.65. The van der Waals surface area contributed by atoms with Gasteiger partial charge in [0, 0.05) is 37.5 Å². The first-order valence-electron chi connectivity index (χ1n) is 13.3. The van der Waals surface area contributed by atoms with E-state index in [1.54, 1.807) is 13.2 Å². The topological polar surface area (TPSA) is 131 Å². The molecule has 206 valence electrons. The van der Waals surface area contributed by atoms with Gasteiger partial charge in [-0.05, 0) is 66.6 Å². The Balaban J connectivity index is 1.60. The van der Waals surface area contributed by atoms with Gasteiger partial charge in [-0.15, -0.1) is 0 Å². The number of aromatic nitrogens is 2. The summed E-state index contributed by atoms with van der Waals surface area (Å²) < 4.78 is 35.1. The molecule has 6 rings (SSSR count). The number of nitrogens with one attached hydrogen (secondary N) is 1. The van der Waals surface area contributed by atoms with Gasteiger partial charge in [0.15, 0.2) is 0 Å². The van der Waals surface area contributed by atoms with Crippen molar-refractivity contribution in [1.82, 2.24) is 18.6 Å². The second-order valence-electron chi connectivity index (χ2n) is 11.1. The summed E-state index contributed by atoms with van der Waals surface area (Å²) in [6, 6.07) is 9.27. The van der Waals surface area contributed by atoms with Gasteiger partial charge in [-0.25, -0.2) is 9.71 Å². The predicted octanol–water partition coefficient (Wildman–Crippen LogP) is 3.87. The van der Waals surface area contributed by atoms with Gasteiger partial charge in [0.05, 0.1) is 18.2 Å². The van der Waals surface area contributed by atoms with Gasteiger partial charge >= 0.3 is 16.2 Å². The van der Waals surface area contributed by atoms with Crippen LogP contribution in [0.3, 0.4) is 0 Å². The van der Waals surface area contributed by atoms with Gasteiger partial charge < -0.3 is 14.4 Å². The van der Waals surface area contributed by atoms with E-state index in [1.165, 1.54) is 20.5 Å². The molecule has 1 aliphatic heterocycles. The molecule has 2 N–H and O–H groups in total. The van der Waals surface area contributed by atoms with Gasteiger partial charge in [-0.1, -0.05) is 19.3 Å². The number of nitrogens with zero attached hydrogens (tertiary/aromatic N) is 3. The molecule has 0 saturated heterocycles. The van der Waals surface area contributed by atoms with Crippen LogP contribution in [0.25, 0.3) is 22.3 Å². The minimum absolute atomic E-state index is 0.0423. The molecule has 2 saturated carbocycles. The first-order chi connectivity index (χ1) is 18.6. The van der Waals surface area contributed by atoms with Crippen LogP contribution >= 0.6 is 0 Å². The van der Waals surface area contributed by atoms with Gasteiger partial charge in [0.1, 0.15) is 17.1 Å². The first-order valence-corrected chi connectivity index (χ1v) is 14.7. The number of carboxylic acids is 1. The zero-order valence-corrected chi connectivity index (χ0v) is 23.0. The predicted molar refractivity (Wildman–Crippen MR) is 145 cm³/mol. The van der Waals surface area contributed by atoms with Crippen LogP contribution in [0.2, 0.25) is 0 Å². The molecular formula is C28H32N4O6S. The van der Waals surface area contributed by atoms with E-state index in [4.69, 9.17) is 4.74 Å². The molecule has 1 amide bonds. The molecule has 2 aromatic heterocycles. The van der Waals surface area contributed by atoms with E-state index in [-0.39, 0.29) is 24.1 Å². The van der Waals surface area contributed by atoms with Crippen LogP contribution in [0.15, 0.2) is 30.3 Å². The van der Waals surface area contributed by atoms with E-state index in [0.717, 1.165) is 57.8 Å². The van der Waals surface area contributed by atoms with Crippen molar-refractivity contribution in [3.8, 4) is 17.0 Å². The van der Waals surface area contributed by atoms with Gasteiger partial charge in [-0.3, -0.25) is 9.59 Å². The van der Waals surface area contributed by atoms with Crippen molar-refractivity contribution in [3.05, 3.63) is 47.2 Å². The quantitative estimate of drug-likeness (QED) is 0.475. The van der Waals surface area contributed by atoms with E-state index < -0.39 is 27.5 Å². The smallest absolute Gasteiger partial charge is 0.312 e. The van der Waals surface area contributed by atoms with Crippen LogP contribution in [0.5, 0.6) is 5.75 Å². The number of benzene rings is 1. The summed E-state index contributed by atoms with van der Waals surface area (Å²) in [6.07, 6.45) is 5.96. The molecular weight excluding hydrogens is 520 g/mol. The zero-order chi connectivity index (χ0) is 27.7. The highest BCUT2D eigenvalue weighted by Gasteiger charge is 2.63. The Morgan fingerprint density at radius 1 is 1.15 bits per heavy atom. The summed E-state index contributed by atoms with van der Waals surface area (Å²) in [5, 5.41) is 11.3. The van der Waals surface area contributed by atoms with E-state index in [2.05, 4.69) is 4.98 Å².